The molecule has 4 aromatic rings. The first-order chi connectivity index (χ1) is 17.2. The van der Waals surface area contributed by atoms with E-state index in [1.54, 1.807) is 0 Å². The van der Waals surface area contributed by atoms with E-state index in [0.29, 0.717) is 41.4 Å². The lowest BCUT2D eigenvalue weighted by atomic mass is 10.1. The number of benzene rings is 3. The molecule has 1 aliphatic rings. The second-order valence-electron chi connectivity index (χ2n) is 7.72. The molecule has 35 heavy (non-hydrogen) atoms. The van der Waals surface area contributed by atoms with Crippen LogP contribution in [-0.2, 0) is 4.79 Å². The molecule has 0 fully saturated rings. The maximum atomic E-state index is 12.6. The van der Waals surface area contributed by atoms with E-state index in [1.807, 2.05) is 90.4 Å². The molecule has 5 rings (SSSR count). The van der Waals surface area contributed by atoms with Gasteiger partial charge >= 0.3 is 0 Å². The molecule has 0 bridgehead atoms. The molecular weight excluding hydrogens is 462 g/mol. The lowest BCUT2D eigenvalue weighted by Gasteiger charge is -2.18. The molecule has 2 heterocycles. The Labute approximate surface area is 207 Å². The Hall–Kier alpha value is -4.11. The SMILES string of the molecule is C/C(=N\NC(=O)CSc1nnc(-c2ccccc2)n1-c1ccccc1)c1ccc2c(c1)OCCO2. The number of rotatable bonds is 7. The summed E-state index contributed by atoms with van der Waals surface area (Å²) in [5, 5.41) is 13.6. The van der Waals surface area contributed by atoms with Gasteiger partial charge in [-0.25, -0.2) is 5.43 Å². The van der Waals surface area contributed by atoms with E-state index in [-0.39, 0.29) is 11.7 Å². The van der Waals surface area contributed by atoms with Gasteiger partial charge in [0.1, 0.15) is 13.2 Å². The Kier molecular flexibility index (Phi) is 6.76. The smallest absolute Gasteiger partial charge is 0.250 e. The quantitative estimate of drug-likeness (QED) is 0.238. The van der Waals surface area contributed by atoms with Crippen LogP contribution in [0.5, 0.6) is 11.5 Å². The van der Waals surface area contributed by atoms with Crippen LogP contribution in [0.15, 0.2) is 89.1 Å². The van der Waals surface area contributed by atoms with Crippen LogP contribution in [-0.4, -0.2) is 45.3 Å². The average Bonchev–Trinajstić information content (AvgIpc) is 3.35. The van der Waals surface area contributed by atoms with Gasteiger partial charge in [-0.15, -0.1) is 10.2 Å². The number of nitrogens with one attached hydrogen (secondary N) is 1. The topological polar surface area (TPSA) is 90.6 Å². The number of hydrogen-bond acceptors (Lipinski definition) is 7. The summed E-state index contributed by atoms with van der Waals surface area (Å²) in [6, 6.07) is 25.3. The molecule has 0 saturated heterocycles. The number of thioether (sulfide) groups is 1. The fourth-order valence-electron chi connectivity index (χ4n) is 3.59. The number of nitrogens with zero attached hydrogens (tertiary/aromatic N) is 4. The number of aromatic nitrogens is 3. The zero-order valence-corrected chi connectivity index (χ0v) is 19.9. The summed E-state index contributed by atoms with van der Waals surface area (Å²) in [5.41, 5.74) is 6.01. The maximum Gasteiger partial charge on any atom is 0.250 e. The van der Waals surface area contributed by atoms with Crippen molar-refractivity contribution in [3.63, 3.8) is 0 Å². The van der Waals surface area contributed by atoms with Crippen LogP contribution in [0, 0.1) is 0 Å². The van der Waals surface area contributed by atoms with E-state index in [2.05, 4.69) is 20.7 Å². The minimum Gasteiger partial charge on any atom is -0.486 e. The van der Waals surface area contributed by atoms with Crippen molar-refractivity contribution >= 4 is 23.4 Å². The van der Waals surface area contributed by atoms with E-state index in [1.165, 1.54) is 11.8 Å². The fourth-order valence-corrected chi connectivity index (χ4v) is 4.33. The highest BCUT2D eigenvalue weighted by Crippen LogP contribution is 2.31. The minimum atomic E-state index is -0.240. The summed E-state index contributed by atoms with van der Waals surface area (Å²) in [7, 11) is 0. The molecule has 0 atom stereocenters. The van der Waals surface area contributed by atoms with Crippen molar-refractivity contribution < 1.29 is 14.3 Å². The zero-order valence-electron chi connectivity index (χ0n) is 19.0. The van der Waals surface area contributed by atoms with E-state index in [0.717, 1.165) is 16.8 Å². The number of carbonyl (C=O) groups is 1. The fraction of sp³-hybridized carbons (Fsp3) is 0.154. The number of fused-ring (bicyclic) bond motifs is 1. The van der Waals surface area contributed by atoms with Crippen molar-refractivity contribution in [2.75, 3.05) is 19.0 Å². The van der Waals surface area contributed by atoms with Crippen LogP contribution in [0.4, 0.5) is 0 Å². The second kappa shape index (κ2) is 10.4. The Morgan fingerprint density at radius 1 is 0.971 bits per heavy atom. The number of ether oxygens (including phenoxy) is 2. The molecule has 1 aromatic heterocycles. The van der Waals surface area contributed by atoms with Crippen LogP contribution in [0.2, 0.25) is 0 Å². The molecule has 0 spiro atoms. The van der Waals surface area contributed by atoms with Gasteiger partial charge in [-0.2, -0.15) is 5.10 Å². The van der Waals surface area contributed by atoms with Gasteiger partial charge in [0.2, 0.25) is 0 Å². The number of para-hydroxylation sites is 1. The van der Waals surface area contributed by atoms with E-state index in [4.69, 9.17) is 9.47 Å². The average molecular weight is 486 g/mol. The number of hydrogen-bond donors (Lipinski definition) is 1. The van der Waals surface area contributed by atoms with Crippen molar-refractivity contribution in [1.29, 1.82) is 0 Å². The highest BCUT2D eigenvalue weighted by molar-refractivity contribution is 7.99. The minimum absolute atomic E-state index is 0.137. The van der Waals surface area contributed by atoms with E-state index < -0.39 is 0 Å². The van der Waals surface area contributed by atoms with Crippen LogP contribution in [0.25, 0.3) is 17.1 Å². The normalized spacial score (nSPS) is 12.9. The number of carbonyl (C=O) groups excluding carboxylic acids is 1. The molecule has 1 amide bonds. The second-order valence-corrected chi connectivity index (χ2v) is 8.66. The summed E-state index contributed by atoms with van der Waals surface area (Å²) >= 11 is 1.30. The molecule has 176 valence electrons. The first-order valence-corrected chi connectivity index (χ1v) is 12.1. The molecule has 9 heteroatoms. The van der Waals surface area contributed by atoms with Gasteiger partial charge in [0.25, 0.3) is 5.91 Å². The standard InChI is InChI=1S/C26H23N5O3S/c1-18(20-12-13-22-23(16-20)34-15-14-33-22)27-28-24(32)17-35-26-30-29-25(19-8-4-2-5-9-19)31(26)21-10-6-3-7-11-21/h2-13,16H,14-15,17H2,1H3,(H,28,32)/b27-18+. The summed E-state index contributed by atoms with van der Waals surface area (Å²) < 4.78 is 13.1. The first-order valence-electron chi connectivity index (χ1n) is 11.1. The molecule has 0 aliphatic carbocycles. The zero-order chi connectivity index (χ0) is 24.0. The summed E-state index contributed by atoms with van der Waals surface area (Å²) in [6.07, 6.45) is 0. The van der Waals surface area contributed by atoms with Gasteiger partial charge in [-0.1, -0.05) is 60.3 Å². The summed E-state index contributed by atoms with van der Waals surface area (Å²) in [6.45, 7) is 2.88. The third-order valence-corrected chi connectivity index (χ3v) is 6.25. The molecule has 0 radical (unpaired) electrons. The Morgan fingerprint density at radius 2 is 1.69 bits per heavy atom. The largest absolute Gasteiger partial charge is 0.486 e. The Morgan fingerprint density at radius 3 is 2.46 bits per heavy atom. The van der Waals surface area contributed by atoms with Crippen molar-refractivity contribution in [3.05, 3.63) is 84.4 Å². The van der Waals surface area contributed by atoms with Crippen LogP contribution in [0.1, 0.15) is 12.5 Å². The van der Waals surface area contributed by atoms with Crippen molar-refractivity contribution in [2.24, 2.45) is 5.10 Å². The highest BCUT2D eigenvalue weighted by Gasteiger charge is 2.17. The van der Waals surface area contributed by atoms with Crippen molar-refractivity contribution in [3.8, 4) is 28.6 Å². The van der Waals surface area contributed by atoms with Crippen LogP contribution >= 0.6 is 11.8 Å². The molecule has 0 unspecified atom stereocenters. The third kappa shape index (κ3) is 5.20. The number of hydrazone groups is 1. The van der Waals surface area contributed by atoms with Crippen LogP contribution < -0.4 is 14.9 Å². The van der Waals surface area contributed by atoms with Crippen molar-refractivity contribution in [2.45, 2.75) is 12.1 Å². The third-order valence-electron chi connectivity index (χ3n) is 5.32. The van der Waals surface area contributed by atoms with E-state index in [9.17, 15) is 4.79 Å². The number of amides is 1. The van der Waals surface area contributed by atoms with Gasteiger partial charge in [0.05, 0.1) is 11.5 Å². The summed E-state index contributed by atoms with van der Waals surface area (Å²) in [5.74, 6) is 2.01. The maximum absolute atomic E-state index is 12.6. The molecular formula is C26H23N5O3S. The molecule has 0 saturated carbocycles. The Bertz CT molecular complexity index is 1360. The van der Waals surface area contributed by atoms with Gasteiger partial charge in [0, 0.05) is 16.8 Å². The highest BCUT2D eigenvalue weighted by atomic mass is 32.2. The lowest BCUT2D eigenvalue weighted by molar-refractivity contribution is -0.118. The van der Waals surface area contributed by atoms with Crippen molar-refractivity contribution in [1.82, 2.24) is 20.2 Å². The van der Waals surface area contributed by atoms with E-state index >= 15 is 0 Å². The predicted octanol–water partition coefficient (Wildman–Crippen LogP) is 4.34. The Balaban J connectivity index is 1.29. The predicted molar refractivity (Wildman–Crippen MR) is 135 cm³/mol. The summed E-state index contributed by atoms with van der Waals surface area (Å²) in [4.78, 5) is 12.6. The van der Waals surface area contributed by atoms with Gasteiger partial charge in [-0.05, 0) is 37.3 Å². The lowest BCUT2D eigenvalue weighted by Crippen LogP contribution is -2.21. The van der Waals surface area contributed by atoms with Crippen LogP contribution in [0.3, 0.4) is 0 Å². The molecule has 8 nitrogen and oxygen atoms in total. The van der Waals surface area contributed by atoms with Gasteiger partial charge in [0.15, 0.2) is 22.5 Å². The first kappa shape index (κ1) is 22.7. The molecule has 3 aromatic carbocycles. The monoisotopic (exact) mass is 485 g/mol. The molecule has 1 aliphatic heterocycles. The molecule has 1 N–H and O–H groups in total. The van der Waals surface area contributed by atoms with Gasteiger partial charge in [-0.3, -0.25) is 9.36 Å². The van der Waals surface area contributed by atoms with Gasteiger partial charge < -0.3 is 9.47 Å².